The summed E-state index contributed by atoms with van der Waals surface area (Å²) in [5, 5.41) is 9.24. The van der Waals surface area contributed by atoms with Crippen molar-refractivity contribution in [2.75, 3.05) is 6.61 Å². The highest BCUT2D eigenvalue weighted by molar-refractivity contribution is 5.97. The summed E-state index contributed by atoms with van der Waals surface area (Å²) in [7, 11) is 0. The van der Waals surface area contributed by atoms with Gasteiger partial charge in [-0.2, -0.15) is 0 Å². The van der Waals surface area contributed by atoms with Gasteiger partial charge in [-0.1, -0.05) is 37.8 Å². The molecule has 0 aromatic carbocycles. The number of hydrogen-bond donors (Lipinski definition) is 1. The van der Waals surface area contributed by atoms with Crippen molar-refractivity contribution in [3.05, 3.63) is 24.8 Å². The fourth-order valence-electron chi connectivity index (χ4n) is 1.34. The molecule has 0 aliphatic heterocycles. The Morgan fingerprint density at radius 2 is 2.31 bits per heavy atom. The molecule has 16 heavy (non-hydrogen) atoms. The number of unbranched alkanes of at least 4 members (excludes halogenated alkanes) is 2. The SMILES string of the molecule is C#CC(CO)(CC=C)C(=O)C=CCCCC. The van der Waals surface area contributed by atoms with Crippen LogP contribution in [0.5, 0.6) is 0 Å². The lowest BCUT2D eigenvalue weighted by Gasteiger charge is -2.20. The molecule has 2 heteroatoms. The van der Waals surface area contributed by atoms with Crippen LogP contribution in [0.2, 0.25) is 0 Å². The predicted octanol–water partition coefficient (Wildman–Crippen LogP) is 2.49. The van der Waals surface area contributed by atoms with E-state index in [2.05, 4.69) is 19.4 Å². The average molecular weight is 220 g/mol. The number of aliphatic hydroxyl groups excluding tert-OH is 1. The molecule has 0 aromatic heterocycles. The highest BCUT2D eigenvalue weighted by Gasteiger charge is 2.32. The zero-order valence-electron chi connectivity index (χ0n) is 9.91. The smallest absolute Gasteiger partial charge is 0.176 e. The van der Waals surface area contributed by atoms with Gasteiger partial charge < -0.3 is 5.11 Å². The molecule has 0 saturated carbocycles. The lowest BCUT2D eigenvalue weighted by molar-refractivity contribution is -0.122. The van der Waals surface area contributed by atoms with E-state index in [-0.39, 0.29) is 12.4 Å². The zero-order valence-corrected chi connectivity index (χ0v) is 9.91. The van der Waals surface area contributed by atoms with Crippen LogP contribution < -0.4 is 0 Å². The second kappa shape index (κ2) is 7.90. The summed E-state index contributed by atoms with van der Waals surface area (Å²) < 4.78 is 0. The standard InChI is InChI=1S/C14H20O2/c1-4-7-8-9-10-13(16)14(6-3,12-15)11-5-2/h3,5,9-10,15H,2,4,7-8,11-12H2,1H3. The summed E-state index contributed by atoms with van der Waals surface area (Å²) in [6, 6.07) is 0. The first-order valence-corrected chi connectivity index (χ1v) is 5.57. The van der Waals surface area contributed by atoms with Crippen LogP contribution in [0.15, 0.2) is 24.8 Å². The molecule has 0 rings (SSSR count). The van der Waals surface area contributed by atoms with Crippen LogP contribution in [0, 0.1) is 17.8 Å². The molecule has 2 nitrogen and oxygen atoms in total. The summed E-state index contributed by atoms with van der Waals surface area (Å²) in [5.41, 5.74) is -1.12. The quantitative estimate of drug-likeness (QED) is 0.295. The summed E-state index contributed by atoms with van der Waals surface area (Å²) >= 11 is 0. The molecule has 0 saturated heterocycles. The predicted molar refractivity (Wildman–Crippen MR) is 66.8 cm³/mol. The maximum absolute atomic E-state index is 11.8. The average Bonchev–Trinajstić information content (AvgIpc) is 2.31. The highest BCUT2D eigenvalue weighted by Crippen LogP contribution is 2.23. The monoisotopic (exact) mass is 220 g/mol. The Balaban J connectivity index is 4.57. The first-order valence-electron chi connectivity index (χ1n) is 5.57. The molecule has 1 atom stereocenters. The third-order valence-corrected chi connectivity index (χ3v) is 2.50. The molecule has 0 heterocycles. The number of hydrogen-bond acceptors (Lipinski definition) is 2. The molecule has 0 bridgehead atoms. The zero-order chi connectivity index (χ0) is 12.4. The third-order valence-electron chi connectivity index (χ3n) is 2.50. The lowest BCUT2D eigenvalue weighted by Crippen LogP contribution is -2.31. The second-order valence-corrected chi connectivity index (χ2v) is 3.79. The van der Waals surface area contributed by atoms with Crippen molar-refractivity contribution in [3.8, 4) is 12.3 Å². The minimum absolute atomic E-state index is 0.214. The normalized spacial score (nSPS) is 14.3. The molecule has 1 N–H and O–H groups in total. The van der Waals surface area contributed by atoms with Crippen LogP contribution in [0.4, 0.5) is 0 Å². The van der Waals surface area contributed by atoms with E-state index in [4.69, 9.17) is 6.42 Å². The van der Waals surface area contributed by atoms with E-state index in [1.807, 2.05) is 6.08 Å². The van der Waals surface area contributed by atoms with Crippen LogP contribution in [-0.4, -0.2) is 17.5 Å². The number of ketones is 1. The molecule has 0 fully saturated rings. The number of aliphatic hydroxyl groups is 1. The third kappa shape index (κ3) is 4.04. The van der Waals surface area contributed by atoms with Gasteiger partial charge in [0, 0.05) is 0 Å². The molecule has 0 aliphatic rings. The van der Waals surface area contributed by atoms with Gasteiger partial charge in [-0.3, -0.25) is 4.79 Å². The Labute approximate surface area is 98.1 Å². The largest absolute Gasteiger partial charge is 0.394 e. The van der Waals surface area contributed by atoms with Crippen LogP contribution >= 0.6 is 0 Å². The van der Waals surface area contributed by atoms with E-state index >= 15 is 0 Å². The first kappa shape index (κ1) is 14.7. The summed E-state index contributed by atoms with van der Waals surface area (Å²) in [6.07, 6.45) is 13.5. The summed E-state index contributed by atoms with van der Waals surface area (Å²) in [5.74, 6) is 2.17. The maximum atomic E-state index is 11.8. The van der Waals surface area contributed by atoms with Gasteiger partial charge in [0.25, 0.3) is 0 Å². The topological polar surface area (TPSA) is 37.3 Å². The molecule has 0 aromatic rings. The minimum atomic E-state index is -1.12. The minimum Gasteiger partial charge on any atom is -0.394 e. The van der Waals surface area contributed by atoms with E-state index in [1.54, 1.807) is 6.08 Å². The molecular weight excluding hydrogens is 200 g/mol. The molecular formula is C14H20O2. The molecule has 88 valence electrons. The second-order valence-electron chi connectivity index (χ2n) is 3.79. The van der Waals surface area contributed by atoms with Crippen molar-refractivity contribution < 1.29 is 9.90 Å². The van der Waals surface area contributed by atoms with E-state index in [0.717, 1.165) is 19.3 Å². The summed E-state index contributed by atoms with van der Waals surface area (Å²) in [4.78, 5) is 11.8. The van der Waals surface area contributed by atoms with E-state index in [0.29, 0.717) is 6.42 Å². The number of rotatable bonds is 8. The fraction of sp³-hybridized carbons (Fsp3) is 0.500. The Bertz CT molecular complexity index is 296. The van der Waals surface area contributed by atoms with Gasteiger partial charge in [0.1, 0.15) is 5.41 Å². The Morgan fingerprint density at radius 1 is 1.62 bits per heavy atom. The molecule has 0 amide bonds. The first-order chi connectivity index (χ1) is 7.66. The van der Waals surface area contributed by atoms with Crippen molar-refractivity contribution in [1.82, 2.24) is 0 Å². The van der Waals surface area contributed by atoms with Crippen molar-refractivity contribution in [2.24, 2.45) is 5.41 Å². The van der Waals surface area contributed by atoms with Gasteiger partial charge in [0.15, 0.2) is 5.78 Å². The van der Waals surface area contributed by atoms with E-state index in [1.165, 1.54) is 6.08 Å². The van der Waals surface area contributed by atoms with Gasteiger partial charge in [-0.15, -0.1) is 13.0 Å². The van der Waals surface area contributed by atoms with Crippen molar-refractivity contribution >= 4 is 5.78 Å². The number of allylic oxidation sites excluding steroid dienone is 3. The van der Waals surface area contributed by atoms with E-state index < -0.39 is 5.41 Å². The molecule has 1 unspecified atom stereocenters. The number of carbonyl (C=O) groups excluding carboxylic acids is 1. The van der Waals surface area contributed by atoms with Crippen LogP contribution in [-0.2, 0) is 4.79 Å². The van der Waals surface area contributed by atoms with Gasteiger partial charge in [-0.25, -0.2) is 0 Å². The van der Waals surface area contributed by atoms with Crippen LogP contribution in [0.25, 0.3) is 0 Å². The molecule has 0 radical (unpaired) electrons. The van der Waals surface area contributed by atoms with Crippen LogP contribution in [0.1, 0.15) is 32.6 Å². The Morgan fingerprint density at radius 3 is 2.75 bits per heavy atom. The fourth-order valence-corrected chi connectivity index (χ4v) is 1.34. The summed E-state index contributed by atoms with van der Waals surface area (Å²) in [6.45, 7) is 5.30. The maximum Gasteiger partial charge on any atom is 0.176 e. The Hall–Kier alpha value is -1.33. The highest BCUT2D eigenvalue weighted by atomic mass is 16.3. The number of carbonyl (C=O) groups is 1. The van der Waals surface area contributed by atoms with Crippen molar-refractivity contribution in [2.45, 2.75) is 32.6 Å². The van der Waals surface area contributed by atoms with E-state index in [9.17, 15) is 9.90 Å². The van der Waals surface area contributed by atoms with Crippen LogP contribution in [0.3, 0.4) is 0 Å². The molecule has 0 aliphatic carbocycles. The Kier molecular flexibility index (Phi) is 7.24. The molecule has 0 spiro atoms. The van der Waals surface area contributed by atoms with Gasteiger partial charge in [0.05, 0.1) is 6.61 Å². The lowest BCUT2D eigenvalue weighted by atomic mass is 9.81. The van der Waals surface area contributed by atoms with Gasteiger partial charge in [-0.05, 0) is 18.9 Å². The van der Waals surface area contributed by atoms with Crippen molar-refractivity contribution in [1.29, 1.82) is 0 Å². The van der Waals surface area contributed by atoms with Gasteiger partial charge >= 0.3 is 0 Å². The van der Waals surface area contributed by atoms with Crippen molar-refractivity contribution in [3.63, 3.8) is 0 Å². The van der Waals surface area contributed by atoms with Gasteiger partial charge in [0.2, 0.25) is 0 Å². The number of terminal acetylenes is 1.